The van der Waals surface area contributed by atoms with Crippen molar-refractivity contribution in [2.45, 2.75) is 20.4 Å². The molecule has 92 valence electrons. The molecule has 0 bridgehead atoms. The van der Waals surface area contributed by atoms with Crippen LogP contribution in [0.15, 0.2) is 18.3 Å². The van der Waals surface area contributed by atoms with Crippen molar-refractivity contribution in [2.24, 2.45) is 0 Å². The summed E-state index contributed by atoms with van der Waals surface area (Å²) in [5.74, 6) is -0.123. The molecule has 0 saturated carbocycles. The van der Waals surface area contributed by atoms with E-state index in [1.807, 2.05) is 0 Å². The van der Waals surface area contributed by atoms with E-state index in [0.717, 1.165) is 0 Å². The maximum atomic E-state index is 11.1. The van der Waals surface area contributed by atoms with Gasteiger partial charge in [0, 0.05) is 12.5 Å². The summed E-state index contributed by atoms with van der Waals surface area (Å²) in [5.41, 5.74) is 0.293. The number of carbonyl (C=O) groups is 1. The van der Waals surface area contributed by atoms with Crippen LogP contribution in [0.3, 0.4) is 0 Å². The highest BCUT2D eigenvalue weighted by molar-refractivity contribution is 5.86. The molecule has 7 nitrogen and oxygen atoms in total. The van der Waals surface area contributed by atoms with E-state index >= 15 is 0 Å². The Hall–Kier alpha value is -2.18. The molecule has 0 fully saturated rings. The van der Waals surface area contributed by atoms with Gasteiger partial charge in [-0.15, -0.1) is 0 Å². The Bertz CT molecular complexity index is 464. The van der Waals surface area contributed by atoms with Crippen molar-refractivity contribution >= 4 is 11.8 Å². The molecule has 1 rings (SSSR count). The number of esters is 1. The van der Waals surface area contributed by atoms with Crippen LogP contribution in [0.4, 0.5) is 5.82 Å². The third-order valence-electron chi connectivity index (χ3n) is 2.12. The van der Waals surface area contributed by atoms with Crippen LogP contribution in [0, 0.1) is 17.0 Å². The van der Waals surface area contributed by atoms with Gasteiger partial charge in [-0.1, -0.05) is 6.58 Å². The van der Waals surface area contributed by atoms with Gasteiger partial charge in [-0.3, -0.25) is 0 Å². The lowest BCUT2D eigenvalue weighted by atomic mass is 10.4. The monoisotopic (exact) mass is 239 g/mol. The average molecular weight is 239 g/mol. The fourth-order valence-corrected chi connectivity index (χ4v) is 1.23. The van der Waals surface area contributed by atoms with Crippen LogP contribution < -0.4 is 0 Å². The zero-order valence-electron chi connectivity index (χ0n) is 9.67. The van der Waals surface area contributed by atoms with E-state index in [4.69, 9.17) is 4.74 Å². The first-order chi connectivity index (χ1) is 7.93. The highest BCUT2D eigenvalue weighted by Crippen LogP contribution is 2.13. The quantitative estimate of drug-likeness (QED) is 0.333. The van der Waals surface area contributed by atoms with Gasteiger partial charge in [-0.25, -0.2) is 14.3 Å². The molecular weight excluding hydrogens is 226 g/mol. The number of aryl methyl sites for hydroxylation is 1. The maximum absolute atomic E-state index is 11.1. The van der Waals surface area contributed by atoms with Gasteiger partial charge in [0.25, 0.3) is 0 Å². The second kappa shape index (κ2) is 5.24. The van der Waals surface area contributed by atoms with Gasteiger partial charge in [-0.2, -0.15) is 0 Å². The Labute approximate surface area is 97.9 Å². The van der Waals surface area contributed by atoms with Crippen LogP contribution in [-0.2, 0) is 16.1 Å². The molecule has 7 heteroatoms. The topological polar surface area (TPSA) is 87.3 Å². The van der Waals surface area contributed by atoms with Gasteiger partial charge in [-0.05, 0) is 11.8 Å². The van der Waals surface area contributed by atoms with Crippen molar-refractivity contribution in [1.82, 2.24) is 9.55 Å². The Morgan fingerprint density at radius 3 is 2.88 bits per heavy atom. The summed E-state index contributed by atoms with van der Waals surface area (Å²) < 4.78 is 6.24. The molecule has 0 aliphatic heterocycles. The summed E-state index contributed by atoms with van der Waals surface area (Å²) in [6.45, 7) is 6.85. The second-order valence-corrected chi connectivity index (χ2v) is 3.49. The normalized spacial score (nSPS) is 10.0. The Balaban J connectivity index is 2.63. The van der Waals surface area contributed by atoms with E-state index in [0.29, 0.717) is 11.4 Å². The summed E-state index contributed by atoms with van der Waals surface area (Å²) in [7, 11) is 0. The van der Waals surface area contributed by atoms with E-state index in [-0.39, 0.29) is 19.0 Å². The maximum Gasteiger partial charge on any atom is 0.342 e. The minimum Gasteiger partial charge on any atom is -0.458 e. The molecule has 0 aromatic carbocycles. The number of imidazole rings is 1. The average Bonchev–Trinajstić information content (AvgIpc) is 2.60. The van der Waals surface area contributed by atoms with Crippen molar-refractivity contribution in [3.05, 3.63) is 34.3 Å². The van der Waals surface area contributed by atoms with Crippen LogP contribution >= 0.6 is 0 Å². The molecule has 0 unspecified atom stereocenters. The lowest BCUT2D eigenvalue weighted by Gasteiger charge is -2.04. The second-order valence-electron chi connectivity index (χ2n) is 3.49. The first-order valence-electron chi connectivity index (χ1n) is 4.92. The van der Waals surface area contributed by atoms with Crippen LogP contribution in [0.25, 0.3) is 0 Å². The number of nitrogens with zero attached hydrogens (tertiary/aromatic N) is 3. The van der Waals surface area contributed by atoms with Crippen molar-refractivity contribution in [3.8, 4) is 0 Å². The molecule has 0 atom stereocenters. The van der Waals surface area contributed by atoms with Gasteiger partial charge < -0.3 is 14.9 Å². The lowest BCUT2D eigenvalue weighted by Crippen LogP contribution is -2.13. The van der Waals surface area contributed by atoms with Crippen LogP contribution in [-0.4, -0.2) is 27.1 Å². The summed E-state index contributed by atoms with van der Waals surface area (Å²) in [5, 5.41) is 10.7. The first kappa shape index (κ1) is 12.9. The zero-order valence-corrected chi connectivity index (χ0v) is 9.67. The number of carbonyl (C=O) groups excluding carboxylic acids is 1. The van der Waals surface area contributed by atoms with Gasteiger partial charge in [0.1, 0.15) is 19.3 Å². The standard InChI is InChI=1S/C10H13N3O4/c1-7(2)10(14)17-5-4-12-8(3)11-6-9(12)13(15)16/h6H,1,4-5H2,2-3H3. The Morgan fingerprint density at radius 2 is 2.35 bits per heavy atom. The fraction of sp³-hybridized carbons (Fsp3) is 0.400. The predicted octanol–water partition coefficient (Wildman–Crippen LogP) is 1.22. The Kier molecular flexibility index (Phi) is 3.97. The lowest BCUT2D eigenvalue weighted by molar-refractivity contribution is -0.392. The summed E-state index contributed by atoms with van der Waals surface area (Å²) in [4.78, 5) is 25.1. The number of ether oxygens (including phenoxy) is 1. The number of aromatic nitrogens is 2. The molecule has 0 saturated heterocycles. The van der Waals surface area contributed by atoms with E-state index in [1.54, 1.807) is 6.92 Å². The van der Waals surface area contributed by atoms with Crippen LogP contribution in [0.2, 0.25) is 0 Å². The SMILES string of the molecule is C=C(C)C(=O)OCCn1c([N+](=O)[O-])cnc1C. The minimum atomic E-state index is -0.527. The predicted molar refractivity (Wildman–Crippen MR) is 59.4 cm³/mol. The highest BCUT2D eigenvalue weighted by atomic mass is 16.6. The number of hydrogen-bond acceptors (Lipinski definition) is 5. The summed E-state index contributed by atoms with van der Waals surface area (Å²) >= 11 is 0. The molecule has 17 heavy (non-hydrogen) atoms. The molecule has 1 aromatic rings. The largest absolute Gasteiger partial charge is 0.458 e. The number of rotatable bonds is 5. The molecule has 0 N–H and O–H groups in total. The van der Waals surface area contributed by atoms with Crippen molar-refractivity contribution in [1.29, 1.82) is 0 Å². The molecule has 0 spiro atoms. The molecule has 1 aromatic heterocycles. The smallest absolute Gasteiger partial charge is 0.342 e. The van der Waals surface area contributed by atoms with Crippen LogP contribution in [0.1, 0.15) is 12.7 Å². The molecule has 1 heterocycles. The highest BCUT2D eigenvalue weighted by Gasteiger charge is 2.17. The van der Waals surface area contributed by atoms with Gasteiger partial charge in [0.05, 0.1) is 0 Å². The van der Waals surface area contributed by atoms with Gasteiger partial charge >= 0.3 is 11.8 Å². The van der Waals surface area contributed by atoms with Gasteiger partial charge in [0.2, 0.25) is 0 Å². The number of nitro groups is 1. The van der Waals surface area contributed by atoms with Crippen LogP contribution in [0.5, 0.6) is 0 Å². The molecule has 0 aliphatic carbocycles. The minimum absolute atomic E-state index is 0.0454. The van der Waals surface area contributed by atoms with E-state index in [9.17, 15) is 14.9 Å². The Morgan fingerprint density at radius 1 is 1.71 bits per heavy atom. The van der Waals surface area contributed by atoms with E-state index < -0.39 is 10.9 Å². The molecular formula is C10H13N3O4. The zero-order chi connectivity index (χ0) is 13.0. The third-order valence-corrected chi connectivity index (χ3v) is 2.12. The fourth-order valence-electron chi connectivity index (χ4n) is 1.23. The summed E-state index contributed by atoms with van der Waals surface area (Å²) in [6.07, 6.45) is 1.18. The molecule has 0 radical (unpaired) electrons. The van der Waals surface area contributed by atoms with Crippen molar-refractivity contribution in [3.63, 3.8) is 0 Å². The van der Waals surface area contributed by atoms with E-state index in [2.05, 4.69) is 11.6 Å². The number of hydrogen-bond donors (Lipinski definition) is 0. The first-order valence-corrected chi connectivity index (χ1v) is 4.92. The van der Waals surface area contributed by atoms with Gasteiger partial charge in [0.15, 0.2) is 5.82 Å². The van der Waals surface area contributed by atoms with Crippen molar-refractivity contribution in [2.75, 3.05) is 6.61 Å². The third kappa shape index (κ3) is 3.13. The van der Waals surface area contributed by atoms with E-state index in [1.165, 1.54) is 17.7 Å². The summed E-state index contributed by atoms with van der Waals surface area (Å²) in [6, 6.07) is 0. The van der Waals surface area contributed by atoms with Crippen molar-refractivity contribution < 1.29 is 14.5 Å². The molecule has 0 aliphatic rings. The molecule has 0 amide bonds.